The lowest BCUT2D eigenvalue weighted by Crippen LogP contribution is -2.23. The summed E-state index contributed by atoms with van der Waals surface area (Å²) in [6, 6.07) is 8.70. The molecule has 0 bridgehead atoms. The summed E-state index contributed by atoms with van der Waals surface area (Å²) in [5.74, 6) is 0. The van der Waals surface area contributed by atoms with Crippen LogP contribution in [0.3, 0.4) is 0 Å². The van der Waals surface area contributed by atoms with Crippen LogP contribution in [0.2, 0.25) is 0 Å². The van der Waals surface area contributed by atoms with Gasteiger partial charge in [-0.05, 0) is 44.2 Å². The minimum atomic E-state index is 0.251. The van der Waals surface area contributed by atoms with Crippen molar-refractivity contribution in [3.63, 3.8) is 0 Å². The first-order valence-electron chi connectivity index (χ1n) is 6.12. The van der Waals surface area contributed by atoms with Crippen LogP contribution in [0.4, 0.5) is 0 Å². The lowest BCUT2D eigenvalue weighted by Gasteiger charge is -2.13. The summed E-state index contributed by atoms with van der Waals surface area (Å²) in [6.45, 7) is 5.79. The zero-order valence-corrected chi connectivity index (χ0v) is 10.4. The van der Waals surface area contributed by atoms with Crippen LogP contribution >= 0.6 is 0 Å². The number of hydrogen-bond acceptors (Lipinski definition) is 2. The van der Waals surface area contributed by atoms with E-state index < -0.39 is 0 Å². The Morgan fingerprint density at radius 2 is 2.06 bits per heavy atom. The van der Waals surface area contributed by atoms with E-state index in [1.54, 1.807) is 0 Å². The van der Waals surface area contributed by atoms with E-state index in [-0.39, 0.29) is 6.04 Å². The molecular formula is C14H23NO. The third kappa shape index (κ3) is 4.77. The molecule has 0 fully saturated rings. The first-order valence-corrected chi connectivity index (χ1v) is 6.12. The average Bonchev–Trinajstić information content (AvgIpc) is 2.28. The summed E-state index contributed by atoms with van der Waals surface area (Å²) >= 11 is 0. The molecule has 90 valence electrons. The van der Waals surface area contributed by atoms with E-state index >= 15 is 0 Å². The molecule has 0 saturated carbocycles. The highest BCUT2D eigenvalue weighted by Gasteiger charge is 2.05. The highest BCUT2D eigenvalue weighted by atomic mass is 16.5. The van der Waals surface area contributed by atoms with Crippen LogP contribution in [0.5, 0.6) is 0 Å². The zero-order valence-electron chi connectivity index (χ0n) is 10.4. The van der Waals surface area contributed by atoms with Crippen molar-refractivity contribution in [2.75, 3.05) is 13.2 Å². The van der Waals surface area contributed by atoms with Crippen LogP contribution in [0.1, 0.15) is 30.9 Å². The minimum Gasteiger partial charge on any atom is -0.382 e. The van der Waals surface area contributed by atoms with E-state index in [2.05, 4.69) is 31.2 Å². The van der Waals surface area contributed by atoms with E-state index in [0.717, 1.165) is 32.5 Å². The van der Waals surface area contributed by atoms with Gasteiger partial charge in [0.1, 0.15) is 0 Å². The molecule has 1 aromatic rings. The van der Waals surface area contributed by atoms with Crippen molar-refractivity contribution in [2.45, 2.75) is 39.2 Å². The summed E-state index contributed by atoms with van der Waals surface area (Å²) in [6.07, 6.45) is 3.06. The third-order valence-electron chi connectivity index (χ3n) is 2.81. The molecule has 16 heavy (non-hydrogen) atoms. The van der Waals surface area contributed by atoms with Gasteiger partial charge >= 0.3 is 0 Å². The van der Waals surface area contributed by atoms with E-state index in [1.165, 1.54) is 11.1 Å². The fourth-order valence-electron chi connectivity index (χ4n) is 1.82. The van der Waals surface area contributed by atoms with Gasteiger partial charge in [-0.2, -0.15) is 0 Å². The van der Waals surface area contributed by atoms with Crippen LogP contribution in [-0.4, -0.2) is 19.3 Å². The summed E-state index contributed by atoms with van der Waals surface area (Å²) in [5, 5.41) is 0. The summed E-state index contributed by atoms with van der Waals surface area (Å²) in [5.41, 5.74) is 8.80. The fourth-order valence-corrected chi connectivity index (χ4v) is 1.82. The van der Waals surface area contributed by atoms with Crippen molar-refractivity contribution in [2.24, 2.45) is 5.73 Å². The van der Waals surface area contributed by atoms with Gasteiger partial charge < -0.3 is 10.5 Å². The Hall–Kier alpha value is -0.860. The van der Waals surface area contributed by atoms with Crippen LogP contribution in [0.25, 0.3) is 0 Å². The summed E-state index contributed by atoms with van der Waals surface area (Å²) in [4.78, 5) is 0. The molecule has 2 N–H and O–H groups in total. The molecular weight excluding hydrogens is 198 g/mol. The second-order valence-corrected chi connectivity index (χ2v) is 4.23. The number of rotatable bonds is 7. The van der Waals surface area contributed by atoms with Gasteiger partial charge in [0.05, 0.1) is 0 Å². The first kappa shape index (κ1) is 13.2. The molecule has 1 unspecified atom stereocenters. The number of benzene rings is 1. The third-order valence-corrected chi connectivity index (χ3v) is 2.81. The van der Waals surface area contributed by atoms with Crippen molar-refractivity contribution in [1.82, 2.24) is 0 Å². The lowest BCUT2D eigenvalue weighted by molar-refractivity contribution is 0.142. The lowest BCUT2D eigenvalue weighted by atomic mass is 9.99. The van der Waals surface area contributed by atoms with Gasteiger partial charge in [0.15, 0.2) is 0 Å². The van der Waals surface area contributed by atoms with Crippen LogP contribution < -0.4 is 5.73 Å². The van der Waals surface area contributed by atoms with Crippen molar-refractivity contribution in [3.05, 3.63) is 35.4 Å². The van der Waals surface area contributed by atoms with Crippen LogP contribution in [0, 0.1) is 6.92 Å². The van der Waals surface area contributed by atoms with Gasteiger partial charge in [-0.1, -0.05) is 24.3 Å². The number of aryl methyl sites for hydroxylation is 1. The number of nitrogens with two attached hydrogens (primary N) is 1. The number of ether oxygens (including phenoxy) is 1. The Bertz CT molecular complexity index is 299. The van der Waals surface area contributed by atoms with Gasteiger partial charge in [-0.3, -0.25) is 0 Å². The average molecular weight is 221 g/mol. The Kier molecular flexibility index (Phi) is 6.12. The normalized spacial score (nSPS) is 12.7. The highest BCUT2D eigenvalue weighted by molar-refractivity contribution is 5.26. The standard InChI is InChI=1S/C14H23NO/c1-3-16-10-6-9-14(15)11-13-8-5-4-7-12(13)2/h4-5,7-8,14H,3,6,9-11,15H2,1-2H3. The molecule has 1 atom stereocenters. The molecule has 0 spiro atoms. The minimum absolute atomic E-state index is 0.251. The SMILES string of the molecule is CCOCCCC(N)Cc1ccccc1C. The van der Waals surface area contributed by atoms with Gasteiger partial charge in [0, 0.05) is 19.3 Å². The summed E-state index contributed by atoms with van der Waals surface area (Å²) in [7, 11) is 0. The smallest absolute Gasteiger partial charge is 0.0466 e. The van der Waals surface area contributed by atoms with E-state index in [0.29, 0.717) is 0 Å². The van der Waals surface area contributed by atoms with Crippen molar-refractivity contribution in [1.29, 1.82) is 0 Å². The molecule has 1 rings (SSSR count). The predicted octanol–water partition coefficient (Wildman–Crippen LogP) is 2.68. The largest absolute Gasteiger partial charge is 0.382 e. The molecule has 0 radical (unpaired) electrons. The fraction of sp³-hybridized carbons (Fsp3) is 0.571. The van der Waals surface area contributed by atoms with Gasteiger partial charge in [0.2, 0.25) is 0 Å². The van der Waals surface area contributed by atoms with E-state index in [4.69, 9.17) is 10.5 Å². The van der Waals surface area contributed by atoms with Gasteiger partial charge in [0.25, 0.3) is 0 Å². The second-order valence-electron chi connectivity index (χ2n) is 4.23. The van der Waals surface area contributed by atoms with Crippen LogP contribution in [-0.2, 0) is 11.2 Å². The molecule has 0 saturated heterocycles. The maximum atomic E-state index is 6.10. The van der Waals surface area contributed by atoms with Crippen LogP contribution in [0.15, 0.2) is 24.3 Å². The maximum absolute atomic E-state index is 6.10. The van der Waals surface area contributed by atoms with Crippen molar-refractivity contribution in [3.8, 4) is 0 Å². The molecule has 2 nitrogen and oxygen atoms in total. The Labute approximate surface area is 98.8 Å². The molecule has 0 aliphatic rings. The molecule has 2 heteroatoms. The molecule has 1 aromatic carbocycles. The molecule has 0 amide bonds. The zero-order chi connectivity index (χ0) is 11.8. The Balaban J connectivity index is 2.28. The maximum Gasteiger partial charge on any atom is 0.0466 e. The van der Waals surface area contributed by atoms with Crippen molar-refractivity contribution >= 4 is 0 Å². The van der Waals surface area contributed by atoms with E-state index in [9.17, 15) is 0 Å². The molecule has 0 aliphatic carbocycles. The quantitative estimate of drug-likeness (QED) is 0.718. The molecule has 0 aliphatic heterocycles. The highest BCUT2D eigenvalue weighted by Crippen LogP contribution is 2.11. The number of hydrogen-bond donors (Lipinski definition) is 1. The monoisotopic (exact) mass is 221 g/mol. The predicted molar refractivity (Wildman–Crippen MR) is 68.6 cm³/mol. The van der Waals surface area contributed by atoms with Gasteiger partial charge in [-0.25, -0.2) is 0 Å². The Morgan fingerprint density at radius 3 is 2.75 bits per heavy atom. The van der Waals surface area contributed by atoms with Crippen molar-refractivity contribution < 1.29 is 4.74 Å². The molecule has 0 aromatic heterocycles. The first-order chi connectivity index (χ1) is 7.74. The molecule has 0 heterocycles. The van der Waals surface area contributed by atoms with E-state index in [1.807, 2.05) is 6.92 Å². The Morgan fingerprint density at radius 1 is 1.31 bits per heavy atom. The summed E-state index contributed by atoms with van der Waals surface area (Å²) < 4.78 is 5.30. The second kappa shape index (κ2) is 7.42. The topological polar surface area (TPSA) is 35.2 Å². The van der Waals surface area contributed by atoms with Gasteiger partial charge in [-0.15, -0.1) is 0 Å².